The van der Waals surface area contributed by atoms with Crippen LogP contribution >= 0.6 is 0 Å². The molecule has 1 heterocycles. The van der Waals surface area contributed by atoms with Crippen LogP contribution < -0.4 is 5.32 Å². The fraction of sp³-hybridized carbons (Fsp3) is 0.467. The van der Waals surface area contributed by atoms with E-state index < -0.39 is 0 Å². The SMILES string of the molecule is C=C(C)C[C@H](c1cc(O)cc(O)c1)N1CCNCC1. The molecule has 1 aromatic rings. The summed E-state index contributed by atoms with van der Waals surface area (Å²) in [6, 6.07) is 4.99. The minimum atomic E-state index is 0.108. The van der Waals surface area contributed by atoms with Gasteiger partial charge in [0.15, 0.2) is 0 Å². The van der Waals surface area contributed by atoms with Gasteiger partial charge in [-0.2, -0.15) is 0 Å². The number of nitrogens with zero attached hydrogens (tertiary/aromatic N) is 1. The van der Waals surface area contributed by atoms with Crippen LogP contribution in [0.25, 0.3) is 0 Å². The molecule has 0 aliphatic carbocycles. The molecule has 4 heteroatoms. The number of phenols is 2. The third-order valence-corrected chi connectivity index (χ3v) is 3.44. The first-order valence-corrected chi connectivity index (χ1v) is 6.68. The van der Waals surface area contributed by atoms with Gasteiger partial charge in [0.05, 0.1) is 0 Å². The number of piperazine rings is 1. The van der Waals surface area contributed by atoms with Gasteiger partial charge in [-0.25, -0.2) is 0 Å². The molecule has 0 saturated carbocycles. The molecule has 0 bridgehead atoms. The first-order chi connectivity index (χ1) is 9.06. The van der Waals surface area contributed by atoms with Crippen molar-refractivity contribution in [3.63, 3.8) is 0 Å². The Bertz CT molecular complexity index is 433. The second-order valence-electron chi connectivity index (χ2n) is 5.25. The summed E-state index contributed by atoms with van der Waals surface area (Å²) in [5.41, 5.74) is 2.05. The first-order valence-electron chi connectivity index (χ1n) is 6.68. The molecule has 0 amide bonds. The van der Waals surface area contributed by atoms with Crippen molar-refractivity contribution in [1.82, 2.24) is 10.2 Å². The highest BCUT2D eigenvalue weighted by atomic mass is 16.3. The van der Waals surface area contributed by atoms with Gasteiger partial charge in [0.1, 0.15) is 11.5 Å². The standard InChI is InChI=1S/C15H22N2O2/c1-11(2)7-15(17-5-3-16-4-6-17)12-8-13(18)10-14(19)9-12/h8-10,15-16,18-19H,1,3-7H2,2H3/t15-/m1/s1. The van der Waals surface area contributed by atoms with Crippen LogP contribution in [0.15, 0.2) is 30.4 Å². The van der Waals surface area contributed by atoms with E-state index in [0.717, 1.165) is 43.7 Å². The van der Waals surface area contributed by atoms with Gasteiger partial charge in [-0.15, -0.1) is 6.58 Å². The minimum absolute atomic E-state index is 0.108. The fourth-order valence-electron chi connectivity index (χ4n) is 2.59. The fourth-order valence-corrected chi connectivity index (χ4v) is 2.59. The second kappa shape index (κ2) is 6.08. The van der Waals surface area contributed by atoms with Crippen LogP contribution in [0.4, 0.5) is 0 Å². The smallest absolute Gasteiger partial charge is 0.119 e. The number of benzene rings is 1. The van der Waals surface area contributed by atoms with Crippen LogP contribution in [-0.2, 0) is 0 Å². The molecule has 2 rings (SSSR count). The Kier molecular flexibility index (Phi) is 4.45. The lowest BCUT2D eigenvalue weighted by atomic mass is 9.97. The molecule has 1 aliphatic heterocycles. The van der Waals surface area contributed by atoms with Crippen molar-refractivity contribution in [1.29, 1.82) is 0 Å². The lowest BCUT2D eigenvalue weighted by molar-refractivity contribution is 0.172. The third kappa shape index (κ3) is 3.72. The van der Waals surface area contributed by atoms with Crippen LogP contribution in [0.2, 0.25) is 0 Å². The summed E-state index contributed by atoms with van der Waals surface area (Å²) in [6.07, 6.45) is 0.836. The molecule has 1 aliphatic rings. The van der Waals surface area contributed by atoms with Gasteiger partial charge in [0.2, 0.25) is 0 Å². The molecule has 1 atom stereocenters. The summed E-state index contributed by atoms with van der Waals surface area (Å²) in [6.45, 7) is 9.88. The van der Waals surface area contributed by atoms with E-state index in [1.165, 1.54) is 6.07 Å². The maximum Gasteiger partial charge on any atom is 0.119 e. The van der Waals surface area contributed by atoms with E-state index >= 15 is 0 Å². The van der Waals surface area contributed by atoms with Gasteiger partial charge >= 0.3 is 0 Å². The topological polar surface area (TPSA) is 55.7 Å². The van der Waals surface area contributed by atoms with E-state index in [4.69, 9.17) is 0 Å². The first kappa shape index (κ1) is 13.9. The Morgan fingerprint density at radius 3 is 2.37 bits per heavy atom. The average Bonchev–Trinajstić information content (AvgIpc) is 2.35. The Morgan fingerprint density at radius 2 is 1.84 bits per heavy atom. The van der Waals surface area contributed by atoms with Gasteiger partial charge in [0.25, 0.3) is 0 Å². The number of hydrogen-bond donors (Lipinski definition) is 3. The zero-order valence-corrected chi connectivity index (χ0v) is 11.4. The van der Waals surface area contributed by atoms with Crippen molar-refractivity contribution < 1.29 is 10.2 Å². The van der Waals surface area contributed by atoms with Crippen LogP contribution in [0.5, 0.6) is 11.5 Å². The predicted octanol–water partition coefficient (Wildman–Crippen LogP) is 2.01. The lowest BCUT2D eigenvalue weighted by Crippen LogP contribution is -2.45. The van der Waals surface area contributed by atoms with Crippen LogP contribution in [0.3, 0.4) is 0 Å². The number of hydrogen-bond acceptors (Lipinski definition) is 4. The van der Waals surface area contributed by atoms with Gasteiger partial charge in [-0.3, -0.25) is 4.90 Å². The highest BCUT2D eigenvalue weighted by Crippen LogP contribution is 2.32. The Morgan fingerprint density at radius 1 is 1.26 bits per heavy atom. The number of nitrogens with one attached hydrogen (secondary N) is 1. The predicted molar refractivity (Wildman–Crippen MR) is 76.4 cm³/mol. The Balaban J connectivity index is 2.27. The largest absolute Gasteiger partial charge is 0.508 e. The zero-order valence-electron chi connectivity index (χ0n) is 11.4. The van der Waals surface area contributed by atoms with Crippen molar-refractivity contribution in [2.75, 3.05) is 26.2 Å². The normalized spacial score (nSPS) is 18.2. The maximum absolute atomic E-state index is 9.66. The molecule has 1 aromatic carbocycles. The summed E-state index contributed by atoms with van der Waals surface area (Å²) in [5.74, 6) is 0.216. The summed E-state index contributed by atoms with van der Waals surface area (Å²) >= 11 is 0. The molecule has 4 nitrogen and oxygen atoms in total. The Hall–Kier alpha value is -1.52. The molecule has 0 spiro atoms. The Labute approximate surface area is 114 Å². The van der Waals surface area contributed by atoms with E-state index in [9.17, 15) is 10.2 Å². The van der Waals surface area contributed by atoms with E-state index in [-0.39, 0.29) is 17.5 Å². The molecule has 1 fully saturated rings. The van der Waals surface area contributed by atoms with Crippen LogP contribution in [0, 0.1) is 0 Å². The van der Waals surface area contributed by atoms with E-state index in [2.05, 4.69) is 16.8 Å². The molecule has 3 N–H and O–H groups in total. The summed E-state index contributed by atoms with van der Waals surface area (Å²) in [7, 11) is 0. The quantitative estimate of drug-likeness (QED) is 0.727. The van der Waals surface area contributed by atoms with E-state index in [1.807, 2.05) is 6.92 Å². The highest BCUT2D eigenvalue weighted by Gasteiger charge is 2.23. The summed E-state index contributed by atoms with van der Waals surface area (Å²) in [4.78, 5) is 2.37. The summed E-state index contributed by atoms with van der Waals surface area (Å²) in [5, 5.41) is 22.7. The van der Waals surface area contributed by atoms with Gasteiger partial charge in [-0.05, 0) is 31.0 Å². The number of rotatable bonds is 4. The van der Waals surface area contributed by atoms with Gasteiger partial charge in [-0.1, -0.05) is 5.57 Å². The van der Waals surface area contributed by atoms with Crippen molar-refractivity contribution in [3.05, 3.63) is 35.9 Å². The molecule has 0 radical (unpaired) electrons. The van der Waals surface area contributed by atoms with Gasteiger partial charge < -0.3 is 15.5 Å². The molecule has 19 heavy (non-hydrogen) atoms. The third-order valence-electron chi connectivity index (χ3n) is 3.44. The molecule has 0 aromatic heterocycles. The number of phenolic OH excluding ortho intramolecular Hbond substituents is 2. The monoisotopic (exact) mass is 262 g/mol. The minimum Gasteiger partial charge on any atom is -0.508 e. The van der Waals surface area contributed by atoms with Crippen LogP contribution in [0.1, 0.15) is 24.9 Å². The summed E-state index contributed by atoms with van der Waals surface area (Å²) < 4.78 is 0. The molecular formula is C15H22N2O2. The van der Waals surface area contributed by atoms with Crippen molar-refractivity contribution in [2.24, 2.45) is 0 Å². The molecule has 104 valence electrons. The van der Waals surface area contributed by atoms with Crippen LogP contribution in [-0.4, -0.2) is 41.3 Å². The van der Waals surface area contributed by atoms with E-state index in [0.29, 0.717) is 0 Å². The van der Waals surface area contributed by atoms with Crippen molar-refractivity contribution in [2.45, 2.75) is 19.4 Å². The average molecular weight is 262 g/mol. The van der Waals surface area contributed by atoms with Crippen molar-refractivity contribution in [3.8, 4) is 11.5 Å². The highest BCUT2D eigenvalue weighted by molar-refractivity contribution is 5.38. The molecule has 0 unspecified atom stereocenters. The van der Waals surface area contributed by atoms with Gasteiger partial charge in [0, 0.05) is 38.3 Å². The molecule has 1 saturated heterocycles. The maximum atomic E-state index is 9.66. The van der Waals surface area contributed by atoms with E-state index in [1.54, 1.807) is 12.1 Å². The second-order valence-corrected chi connectivity index (χ2v) is 5.25. The van der Waals surface area contributed by atoms with Crippen molar-refractivity contribution >= 4 is 0 Å². The molecular weight excluding hydrogens is 240 g/mol. The number of aromatic hydroxyl groups is 2. The zero-order chi connectivity index (χ0) is 13.8. The lowest BCUT2D eigenvalue weighted by Gasteiger charge is -2.35.